The highest BCUT2D eigenvalue weighted by Gasteiger charge is 2.10. The first-order chi connectivity index (χ1) is 10.0. The van der Waals surface area contributed by atoms with Gasteiger partial charge in [0.1, 0.15) is 0 Å². The van der Waals surface area contributed by atoms with Crippen LogP contribution in [-0.2, 0) is 21.3 Å². The fourth-order valence-corrected chi connectivity index (χ4v) is 3.40. The molecule has 0 bridgehead atoms. The third-order valence-electron chi connectivity index (χ3n) is 3.46. The first-order valence-electron chi connectivity index (χ1n) is 7.11. The van der Waals surface area contributed by atoms with Crippen molar-refractivity contribution in [1.29, 1.82) is 0 Å². The zero-order valence-electron chi connectivity index (χ0n) is 12.2. The summed E-state index contributed by atoms with van der Waals surface area (Å²) in [6.07, 6.45) is 8.77. The van der Waals surface area contributed by atoms with E-state index in [1.807, 2.05) is 0 Å². The van der Waals surface area contributed by atoms with Crippen molar-refractivity contribution in [2.75, 3.05) is 11.6 Å². The van der Waals surface area contributed by atoms with Gasteiger partial charge >= 0.3 is 0 Å². The molecule has 1 aromatic carbocycles. The third-order valence-corrected chi connectivity index (χ3v) is 4.55. The summed E-state index contributed by atoms with van der Waals surface area (Å²) >= 11 is 6.08. The highest BCUT2D eigenvalue weighted by molar-refractivity contribution is 7.83. The lowest BCUT2D eigenvalue weighted by Gasteiger charge is -2.13. The molecule has 1 aliphatic rings. The molecule has 0 spiro atoms. The molecule has 3 nitrogen and oxygen atoms in total. The van der Waals surface area contributed by atoms with E-state index in [0.717, 1.165) is 18.4 Å². The quantitative estimate of drug-likeness (QED) is 0.830. The minimum atomic E-state index is -0.960. The zero-order valence-corrected chi connectivity index (χ0v) is 13.7. The Kier molecular flexibility index (Phi) is 6.00. The van der Waals surface area contributed by atoms with Crippen LogP contribution in [0.25, 0.3) is 0 Å². The van der Waals surface area contributed by atoms with Gasteiger partial charge in [-0.2, -0.15) is 0 Å². The third kappa shape index (κ3) is 5.29. The molecule has 21 heavy (non-hydrogen) atoms. The summed E-state index contributed by atoms with van der Waals surface area (Å²) < 4.78 is 11.3. The molecule has 0 saturated heterocycles. The van der Waals surface area contributed by atoms with Crippen LogP contribution in [0.1, 0.15) is 37.7 Å². The van der Waals surface area contributed by atoms with Crippen LogP contribution >= 0.6 is 11.6 Å². The maximum absolute atomic E-state index is 12.1. The van der Waals surface area contributed by atoms with E-state index in [0.29, 0.717) is 22.9 Å². The Morgan fingerprint density at radius 1 is 1.38 bits per heavy atom. The van der Waals surface area contributed by atoms with Crippen molar-refractivity contribution in [3.05, 3.63) is 40.4 Å². The van der Waals surface area contributed by atoms with E-state index in [1.165, 1.54) is 18.4 Å². The first kappa shape index (κ1) is 16.2. The molecule has 1 unspecified atom stereocenters. The van der Waals surface area contributed by atoms with Crippen molar-refractivity contribution in [2.45, 2.75) is 37.9 Å². The minimum absolute atomic E-state index is 0.00552. The van der Waals surface area contributed by atoms with Gasteiger partial charge in [0, 0.05) is 39.9 Å². The van der Waals surface area contributed by atoms with Gasteiger partial charge in [-0.3, -0.25) is 9.00 Å². The molecule has 114 valence electrons. The zero-order chi connectivity index (χ0) is 15.2. The Hall–Kier alpha value is -1.13. The van der Waals surface area contributed by atoms with Gasteiger partial charge in [0.15, 0.2) is 0 Å². The molecule has 0 aliphatic heterocycles. The van der Waals surface area contributed by atoms with Crippen molar-refractivity contribution in [3.8, 4) is 0 Å². The van der Waals surface area contributed by atoms with Crippen LogP contribution in [0, 0.1) is 0 Å². The molecule has 2 rings (SSSR count). The van der Waals surface area contributed by atoms with Crippen molar-refractivity contribution < 1.29 is 9.00 Å². The highest BCUT2D eigenvalue weighted by atomic mass is 35.5. The second-order valence-electron chi connectivity index (χ2n) is 5.36. The number of hydrogen-bond donors (Lipinski definition) is 1. The predicted molar refractivity (Wildman–Crippen MR) is 89.0 cm³/mol. The normalized spacial score (nSPS) is 16.2. The summed E-state index contributed by atoms with van der Waals surface area (Å²) in [5.41, 5.74) is 2.73. The van der Waals surface area contributed by atoms with Crippen LogP contribution in [0.15, 0.2) is 29.8 Å². The fraction of sp³-hybridized carbons (Fsp3) is 0.438. The molecule has 0 fully saturated rings. The van der Waals surface area contributed by atoms with Gasteiger partial charge in [0.25, 0.3) is 0 Å². The first-order valence-corrected chi connectivity index (χ1v) is 9.21. The van der Waals surface area contributed by atoms with E-state index in [2.05, 4.69) is 11.4 Å². The largest absolute Gasteiger partial charge is 0.326 e. The van der Waals surface area contributed by atoms with Gasteiger partial charge in [0.05, 0.1) is 0 Å². The Balaban J connectivity index is 2.00. The van der Waals surface area contributed by atoms with Gasteiger partial charge in [-0.1, -0.05) is 23.3 Å². The summed E-state index contributed by atoms with van der Waals surface area (Å²) in [6, 6.07) is 5.31. The average Bonchev–Trinajstić information content (AvgIpc) is 2.43. The van der Waals surface area contributed by atoms with Crippen molar-refractivity contribution in [1.82, 2.24) is 0 Å². The minimum Gasteiger partial charge on any atom is -0.326 e. The van der Waals surface area contributed by atoms with Gasteiger partial charge in [0.2, 0.25) is 5.91 Å². The summed E-state index contributed by atoms with van der Waals surface area (Å²) in [6.45, 7) is 0. The van der Waals surface area contributed by atoms with E-state index in [4.69, 9.17) is 11.6 Å². The van der Waals surface area contributed by atoms with E-state index in [-0.39, 0.29) is 5.91 Å². The van der Waals surface area contributed by atoms with Crippen molar-refractivity contribution >= 4 is 34.0 Å². The maximum Gasteiger partial charge on any atom is 0.228 e. The molecule has 0 heterocycles. The summed E-state index contributed by atoms with van der Waals surface area (Å²) in [7, 11) is -0.960. The number of amides is 1. The standard InChI is InChI=1S/C16H20ClNO2S/c1-21(20)11-13-10-14(7-8-15(13)17)18-16(19)9-12-5-3-2-4-6-12/h5,7-8,10H,2-4,6,9,11H2,1H3,(H,18,19). The smallest absolute Gasteiger partial charge is 0.228 e. The average molecular weight is 326 g/mol. The van der Waals surface area contributed by atoms with Crippen molar-refractivity contribution in [3.63, 3.8) is 0 Å². The number of carbonyl (C=O) groups excluding carboxylic acids is 1. The maximum atomic E-state index is 12.1. The number of halogens is 1. The number of benzene rings is 1. The van der Waals surface area contributed by atoms with E-state index in [9.17, 15) is 9.00 Å². The lowest BCUT2D eigenvalue weighted by molar-refractivity contribution is -0.115. The number of nitrogens with one attached hydrogen (secondary N) is 1. The molecule has 1 atom stereocenters. The van der Waals surface area contributed by atoms with E-state index >= 15 is 0 Å². The van der Waals surface area contributed by atoms with Gasteiger partial charge in [-0.25, -0.2) is 0 Å². The summed E-state index contributed by atoms with van der Waals surface area (Å²) in [4.78, 5) is 12.1. The molecule has 5 heteroatoms. The van der Waals surface area contributed by atoms with Crippen LogP contribution < -0.4 is 5.32 Å². The number of hydrogen-bond acceptors (Lipinski definition) is 2. The lowest BCUT2D eigenvalue weighted by Crippen LogP contribution is -2.13. The Morgan fingerprint density at radius 3 is 2.86 bits per heavy atom. The van der Waals surface area contributed by atoms with E-state index in [1.54, 1.807) is 24.5 Å². The lowest BCUT2D eigenvalue weighted by atomic mass is 9.97. The molecule has 1 aromatic rings. The molecule has 0 aromatic heterocycles. The second-order valence-corrected chi connectivity index (χ2v) is 7.20. The second kappa shape index (κ2) is 7.76. The molecule has 0 radical (unpaired) electrons. The van der Waals surface area contributed by atoms with Gasteiger partial charge in [-0.05, 0) is 49.4 Å². The molecule has 0 saturated carbocycles. The monoisotopic (exact) mass is 325 g/mol. The highest BCUT2D eigenvalue weighted by Crippen LogP contribution is 2.23. The molecular formula is C16H20ClNO2S. The Labute approximate surface area is 133 Å². The van der Waals surface area contributed by atoms with Crippen molar-refractivity contribution in [2.24, 2.45) is 0 Å². The number of carbonyl (C=O) groups is 1. The molecular weight excluding hydrogens is 306 g/mol. The predicted octanol–water partition coefficient (Wildman–Crippen LogP) is 4.05. The van der Waals surface area contributed by atoms with E-state index < -0.39 is 10.8 Å². The Bertz CT molecular complexity index is 584. The Morgan fingerprint density at radius 2 is 2.19 bits per heavy atom. The van der Waals surface area contributed by atoms with Gasteiger partial charge < -0.3 is 5.32 Å². The molecule has 1 amide bonds. The summed E-state index contributed by atoms with van der Waals surface area (Å²) in [5, 5.41) is 3.47. The topological polar surface area (TPSA) is 46.2 Å². The number of anilines is 1. The van der Waals surface area contributed by atoms with Crippen LogP contribution in [-0.4, -0.2) is 16.4 Å². The SMILES string of the molecule is CS(=O)Cc1cc(NC(=O)CC2=CCCCC2)ccc1Cl. The molecule has 1 N–H and O–H groups in total. The van der Waals surface area contributed by atoms with Crippen LogP contribution in [0.4, 0.5) is 5.69 Å². The fourth-order valence-electron chi connectivity index (χ4n) is 2.46. The molecule has 1 aliphatic carbocycles. The number of rotatable bonds is 5. The van der Waals surface area contributed by atoms with Crippen LogP contribution in [0.5, 0.6) is 0 Å². The van der Waals surface area contributed by atoms with Gasteiger partial charge in [-0.15, -0.1) is 0 Å². The van der Waals surface area contributed by atoms with Crippen LogP contribution in [0.2, 0.25) is 5.02 Å². The number of allylic oxidation sites excluding steroid dienone is 1. The summed E-state index contributed by atoms with van der Waals surface area (Å²) in [5.74, 6) is 0.391. The van der Waals surface area contributed by atoms with Crippen LogP contribution in [0.3, 0.4) is 0 Å².